The summed E-state index contributed by atoms with van der Waals surface area (Å²) in [6.07, 6.45) is -1.20. The molecule has 1 N–H and O–H groups in total. The lowest BCUT2D eigenvalue weighted by Gasteiger charge is -2.28. The molecule has 138 valence electrons. The van der Waals surface area contributed by atoms with Crippen molar-refractivity contribution in [1.29, 1.82) is 0 Å². The maximum atomic E-state index is 10.5. The normalized spacial score (nSPS) is 31.6. The summed E-state index contributed by atoms with van der Waals surface area (Å²) in [5.74, 6) is -0.737. The second-order valence-corrected chi connectivity index (χ2v) is 6.72. The van der Waals surface area contributed by atoms with Gasteiger partial charge in [0.15, 0.2) is 12.1 Å². The summed E-state index contributed by atoms with van der Waals surface area (Å²) in [6, 6.07) is 9.85. The summed E-state index contributed by atoms with van der Waals surface area (Å²) in [7, 11) is 0. The van der Waals surface area contributed by atoms with Gasteiger partial charge < -0.3 is 28.8 Å². The summed E-state index contributed by atoms with van der Waals surface area (Å²) in [4.78, 5) is 0. The minimum atomic E-state index is -0.846. The van der Waals surface area contributed by atoms with E-state index in [1.165, 1.54) is 0 Å². The Kier molecular flexibility index (Phi) is 5.89. The first-order valence-electron chi connectivity index (χ1n) is 8.53. The summed E-state index contributed by atoms with van der Waals surface area (Å²) < 4.78 is 29.0. The van der Waals surface area contributed by atoms with Crippen molar-refractivity contribution in [2.24, 2.45) is 0 Å². The molecule has 0 spiro atoms. The highest BCUT2D eigenvalue weighted by molar-refractivity contribution is 5.13. The number of hydrogen-bond acceptors (Lipinski definition) is 6. The third-order valence-electron chi connectivity index (χ3n) is 4.22. The summed E-state index contributed by atoms with van der Waals surface area (Å²) in [6.45, 7) is 8.16. The molecular formula is C19H26O6. The SMILES string of the molecule is C=CCOC[C@@H](O)[C@H]1O[C@H]2OC(C)(C)O[C@H]2[C@@H]1OCc1ccccc1. The molecule has 0 aromatic heterocycles. The number of aliphatic hydroxyl groups excluding tert-OH is 1. The molecule has 0 saturated carbocycles. The van der Waals surface area contributed by atoms with Crippen LogP contribution in [0.4, 0.5) is 0 Å². The molecule has 0 bridgehead atoms. The zero-order chi connectivity index (χ0) is 17.9. The van der Waals surface area contributed by atoms with Gasteiger partial charge in [-0.3, -0.25) is 0 Å². The molecule has 3 rings (SSSR count). The molecule has 5 atom stereocenters. The minimum Gasteiger partial charge on any atom is -0.388 e. The third-order valence-corrected chi connectivity index (χ3v) is 4.22. The molecular weight excluding hydrogens is 324 g/mol. The van der Waals surface area contributed by atoms with Gasteiger partial charge in [-0.2, -0.15) is 0 Å². The Labute approximate surface area is 148 Å². The number of benzene rings is 1. The molecule has 25 heavy (non-hydrogen) atoms. The van der Waals surface area contributed by atoms with Crippen LogP contribution in [0.3, 0.4) is 0 Å². The number of rotatable bonds is 8. The largest absolute Gasteiger partial charge is 0.388 e. The van der Waals surface area contributed by atoms with E-state index in [1.807, 2.05) is 44.2 Å². The van der Waals surface area contributed by atoms with Crippen LogP contribution < -0.4 is 0 Å². The highest BCUT2D eigenvalue weighted by Crippen LogP contribution is 2.40. The average Bonchev–Trinajstić information content (AvgIpc) is 3.06. The second-order valence-electron chi connectivity index (χ2n) is 6.72. The standard InChI is InChI=1S/C19H26O6/c1-4-10-21-12-14(20)15-16(22-11-13-8-6-5-7-9-13)17-18(23-15)25-19(2,3)24-17/h4-9,14-18,20H,1,10-12H2,2-3H3/t14-,15-,16-,17+,18+/m1/s1. The maximum absolute atomic E-state index is 10.5. The van der Waals surface area contributed by atoms with Crippen molar-refractivity contribution in [2.45, 2.75) is 56.9 Å². The number of aliphatic hydroxyl groups is 1. The molecule has 2 saturated heterocycles. The van der Waals surface area contributed by atoms with E-state index in [2.05, 4.69) is 6.58 Å². The maximum Gasteiger partial charge on any atom is 0.190 e. The monoisotopic (exact) mass is 350 g/mol. The first-order chi connectivity index (χ1) is 12.0. The number of hydrogen-bond donors (Lipinski definition) is 1. The quantitative estimate of drug-likeness (QED) is 0.571. The van der Waals surface area contributed by atoms with Gasteiger partial charge in [0.25, 0.3) is 0 Å². The zero-order valence-electron chi connectivity index (χ0n) is 14.7. The highest BCUT2D eigenvalue weighted by atomic mass is 16.8. The Hall–Kier alpha value is -1.28. The Morgan fingerprint density at radius 1 is 1.28 bits per heavy atom. The van der Waals surface area contributed by atoms with Gasteiger partial charge in [0, 0.05) is 0 Å². The third kappa shape index (κ3) is 4.47. The molecule has 2 heterocycles. The second kappa shape index (κ2) is 7.95. The van der Waals surface area contributed by atoms with Gasteiger partial charge in [-0.25, -0.2) is 0 Å². The van der Waals surface area contributed by atoms with Crippen molar-refractivity contribution < 1.29 is 28.8 Å². The van der Waals surface area contributed by atoms with Gasteiger partial charge in [0.1, 0.15) is 24.4 Å². The van der Waals surface area contributed by atoms with Crippen molar-refractivity contribution >= 4 is 0 Å². The molecule has 0 aliphatic carbocycles. The molecule has 6 heteroatoms. The molecule has 2 fully saturated rings. The van der Waals surface area contributed by atoms with E-state index in [0.29, 0.717) is 13.2 Å². The van der Waals surface area contributed by atoms with Crippen LogP contribution in [0.2, 0.25) is 0 Å². The van der Waals surface area contributed by atoms with E-state index in [9.17, 15) is 5.11 Å². The van der Waals surface area contributed by atoms with Gasteiger partial charge in [0.05, 0.1) is 19.8 Å². The molecule has 0 unspecified atom stereocenters. The number of fused-ring (bicyclic) bond motifs is 1. The Morgan fingerprint density at radius 2 is 2.04 bits per heavy atom. The van der Waals surface area contributed by atoms with Crippen molar-refractivity contribution in [3.63, 3.8) is 0 Å². The Balaban J connectivity index is 1.67. The summed E-state index contributed by atoms with van der Waals surface area (Å²) in [5, 5.41) is 10.5. The Bertz CT molecular complexity index is 560. The van der Waals surface area contributed by atoms with Crippen molar-refractivity contribution in [3.8, 4) is 0 Å². The first kappa shape index (κ1) is 18.5. The number of ether oxygens (including phenoxy) is 5. The average molecular weight is 350 g/mol. The van der Waals surface area contributed by atoms with E-state index in [0.717, 1.165) is 5.56 Å². The lowest BCUT2D eigenvalue weighted by atomic mass is 10.1. The van der Waals surface area contributed by atoms with E-state index >= 15 is 0 Å². The summed E-state index contributed by atoms with van der Waals surface area (Å²) in [5.41, 5.74) is 1.04. The molecule has 0 amide bonds. The highest BCUT2D eigenvalue weighted by Gasteiger charge is 2.57. The smallest absolute Gasteiger partial charge is 0.190 e. The topological polar surface area (TPSA) is 66.4 Å². The predicted molar refractivity (Wildman–Crippen MR) is 90.7 cm³/mol. The summed E-state index contributed by atoms with van der Waals surface area (Å²) >= 11 is 0. The van der Waals surface area contributed by atoms with E-state index in [-0.39, 0.29) is 6.61 Å². The first-order valence-corrected chi connectivity index (χ1v) is 8.53. The predicted octanol–water partition coefficient (Wildman–Crippen LogP) is 2.01. The zero-order valence-corrected chi connectivity index (χ0v) is 14.7. The van der Waals surface area contributed by atoms with Gasteiger partial charge in [-0.15, -0.1) is 6.58 Å². The van der Waals surface area contributed by atoms with Crippen LogP contribution in [0.5, 0.6) is 0 Å². The van der Waals surface area contributed by atoms with Crippen LogP contribution in [0.25, 0.3) is 0 Å². The molecule has 1 aromatic carbocycles. The molecule has 0 radical (unpaired) electrons. The lowest BCUT2D eigenvalue weighted by Crippen LogP contribution is -2.44. The molecule has 6 nitrogen and oxygen atoms in total. The molecule has 1 aromatic rings. The van der Waals surface area contributed by atoms with Gasteiger partial charge in [-0.05, 0) is 19.4 Å². The fourth-order valence-corrected chi connectivity index (χ4v) is 3.14. The van der Waals surface area contributed by atoms with Crippen LogP contribution in [0.15, 0.2) is 43.0 Å². The van der Waals surface area contributed by atoms with Crippen LogP contribution in [-0.2, 0) is 30.3 Å². The van der Waals surface area contributed by atoms with Crippen LogP contribution >= 0.6 is 0 Å². The van der Waals surface area contributed by atoms with E-state index < -0.39 is 36.5 Å². The van der Waals surface area contributed by atoms with Crippen molar-refractivity contribution in [2.75, 3.05) is 13.2 Å². The van der Waals surface area contributed by atoms with Crippen LogP contribution in [0, 0.1) is 0 Å². The van der Waals surface area contributed by atoms with Crippen molar-refractivity contribution in [3.05, 3.63) is 48.6 Å². The van der Waals surface area contributed by atoms with Crippen LogP contribution in [-0.4, -0.2) is 54.8 Å². The van der Waals surface area contributed by atoms with E-state index in [4.69, 9.17) is 23.7 Å². The Morgan fingerprint density at radius 3 is 2.76 bits per heavy atom. The van der Waals surface area contributed by atoms with Gasteiger partial charge in [0.2, 0.25) is 0 Å². The lowest BCUT2D eigenvalue weighted by molar-refractivity contribution is -0.233. The molecule has 2 aliphatic rings. The van der Waals surface area contributed by atoms with Gasteiger partial charge in [-0.1, -0.05) is 36.4 Å². The fourth-order valence-electron chi connectivity index (χ4n) is 3.14. The fraction of sp³-hybridized carbons (Fsp3) is 0.579. The van der Waals surface area contributed by atoms with E-state index in [1.54, 1.807) is 6.08 Å². The van der Waals surface area contributed by atoms with Crippen LogP contribution in [0.1, 0.15) is 19.4 Å². The van der Waals surface area contributed by atoms with Gasteiger partial charge >= 0.3 is 0 Å². The molecule has 2 aliphatic heterocycles. The van der Waals surface area contributed by atoms with Crippen molar-refractivity contribution in [1.82, 2.24) is 0 Å². The minimum absolute atomic E-state index is 0.130.